The van der Waals surface area contributed by atoms with Crippen molar-refractivity contribution in [1.29, 1.82) is 0 Å². The zero-order valence-corrected chi connectivity index (χ0v) is 8.05. The number of benzene rings is 2. The first kappa shape index (κ1) is 9.22. The normalized spacial score (nSPS) is 10.1. The lowest BCUT2D eigenvalue weighted by Gasteiger charge is -2.03. The monoisotopic (exact) mass is 205 g/mol. The van der Waals surface area contributed by atoms with Crippen molar-refractivity contribution in [3.05, 3.63) is 59.4 Å². The Balaban J connectivity index is 2.57. The van der Waals surface area contributed by atoms with E-state index >= 15 is 0 Å². The molecule has 0 amide bonds. The third kappa shape index (κ3) is 1.78. The van der Waals surface area contributed by atoms with Crippen LogP contribution in [0.15, 0.2) is 42.5 Å². The van der Waals surface area contributed by atoms with Gasteiger partial charge in [0.05, 0.1) is 0 Å². The van der Waals surface area contributed by atoms with Crippen molar-refractivity contribution in [2.24, 2.45) is 0 Å². The molecule has 1 radical (unpaired) electrons. The van der Waals surface area contributed by atoms with Gasteiger partial charge in [-0.1, -0.05) is 35.9 Å². The highest BCUT2D eigenvalue weighted by Crippen LogP contribution is 2.27. The van der Waals surface area contributed by atoms with E-state index in [1.807, 2.05) is 12.1 Å². The second-order valence-corrected chi connectivity index (χ2v) is 3.32. The molecule has 0 aliphatic rings. The van der Waals surface area contributed by atoms with E-state index in [2.05, 4.69) is 6.07 Å². The van der Waals surface area contributed by atoms with Crippen LogP contribution in [0.25, 0.3) is 11.1 Å². The van der Waals surface area contributed by atoms with Gasteiger partial charge in [-0.05, 0) is 29.8 Å². The van der Waals surface area contributed by atoms with Crippen LogP contribution < -0.4 is 0 Å². The highest BCUT2D eigenvalue weighted by Gasteiger charge is 2.03. The molecule has 0 unspecified atom stereocenters. The number of hydrogen-bond acceptors (Lipinski definition) is 0. The van der Waals surface area contributed by atoms with Crippen LogP contribution in [-0.2, 0) is 0 Å². The highest BCUT2D eigenvalue weighted by atomic mass is 35.5. The van der Waals surface area contributed by atoms with E-state index in [4.69, 9.17) is 11.6 Å². The van der Waals surface area contributed by atoms with Crippen LogP contribution in [0.5, 0.6) is 0 Å². The number of rotatable bonds is 1. The van der Waals surface area contributed by atoms with Crippen molar-refractivity contribution in [3.63, 3.8) is 0 Å². The first-order valence-electron chi connectivity index (χ1n) is 4.19. The van der Waals surface area contributed by atoms with Gasteiger partial charge in [-0.25, -0.2) is 4.39 Å². The molecule has 0 N–H and O–H groups in total. The van der Waals surface area contributed by atoms with Crippen LogP contribution in [0.2, 0.25) is 5.02 Å². The second-order valence-electron chi connectivity index (χ2n) is 2.91. The van der Waals surface area contributed by atoms with Crippen LogP contribution in [0.3, 0.4) is 0 Å². The van der Waals surface area contributed by atoms with Gasteiger partial charge in [0.15, 0.2) is 0 Å². The standard InChI is InChI=1S/C12H7ClF/c13-12-7-6-10(14)8-11(12)9-4-2-1-3-5-9/h2-8H. The van der Waals surface area contributed by atoms with Crippen LogP contribution in [0.1, 0.15) is 0 Å². The summed E-state index contributed by atoms with van der Waals surface area (Å²) < 4.78 is 13.0. The van der Waals surface area contributed by atoms with Gasteiger partial charge in [0.2, 0.25) is 0 Å². The third-order valence-electron chi connectivity index (χ3n) is 1.96. The lowest BCUT2D eigenvalue weighted by Crippen LogP contribution is -1.81. The summed E-state index contributed by atoms with van der Waals surface area (Å²) in [5.74, 6) is -0.280. The second kappa shape index (κ2) is 3.81. The van der Waals surface area contributed by atoms with Gasteiger partial charge in [0.25, 0.3) is 0 Å². The number of hydrogen-bond donors (Lipinski definition) is 0. The molecule has 0 saturated carbocycles. The third-order valence-corrected chi connectivity index (χ3v) is 2.29. The van der Waals surface area contributed by atoms with Crippen LogP contribution >= 0.6 is 11.6 Å². The fourth-order valence-electron chi connectivity index (χ4n) is 1.29. The topological polar surface area (TPSA) is 0 Å². The summed E-state index contributed by atoms with van der Waals surface area (Å²) in [6.45, 7) is 0. The molecule has 0 bridgehead atoms. The SMILES string of the molecule is Fc1ccc(Cl)c(-c2cc[c]cc2)c1. The minimum absolute atomic E-state index is 0.280. The van der Waals surface area contributed by atoms with Gasteiger partial charge in [0, 0.05) is 10.6 Å². The van der Waals surface area contributed by atoms with E-state index in [1.54, 1.807) is 18.2 Å². The molecule has 0 aliphatic carbocycles. The number of halogens is 2. The molecular weight excluding hydrogens is 199 g/mol. The summed E-state index contributed by atoms with van der Waals surface area (Å²) in [5.41, 5.74) is 1.61. The predicted molar refractivity (Wildman–Crippen MR) is 55.7 cm³/mol. The maximum absolute atomic E-state index is 13.0. The Kier molecular flexibility index (Phi) is 2.51. The van der Waals surface area contributed by atoms with Gasteiger partial charge in [0.1, 0.15) is 5.82 Å². The van der Waals surface area contributed by atoms with E-state index in [-0.39, 0.29) is 5.82 Å². The fraction of sp³-hybridized carbons (Fsp3) is 0. The lowest BCUT2D eigenvalue weighted by molar-refractivity contribution is 0.628. The van der Waals surface area contributed by atoms with Crippen molar-refractivity contribution < 1.29 is 4.39 Å². The van der Waals surface area contributed by atoms with E-state index in [0.29, 0.717) is 10.6 Å². The Morgan fingerprint density at radius 2 is 1.79 bits per heavy atom. The molecule has 2 aromatic rings. The molecular formula is C12H7ClF. The summed E-state index contributed by atoms with van der Waals surface area (Å²) in [6.07, 6.45) is 0. The minimum Gasteiger partial charge on any atom is -0.207 e. The zero-order valence-electron chi connectivity index (χ0n) is 7.30. The average Bonchev–Trinajstić information content (AvgIpc) is 2.23. The summed E-state index contributed by atoms with van der Waals surface area (Å²) in [7, 11) is 0. The van der Waals surface area contributed by atoms with Gasteiger partial charge in [-0.15, -0.1) is 0 Å². The smallest absolute Gasteiger partial charge is 0.123 e. The average molecular weight is 206 g/mol. The molecule has 69 valence electrons. The Labute approximate surface area is 87.0 Å². The molecule has 0 aliphatic heterocycles. The lowest BCUT2D eigenvalue weighted by atomic mass is 10.1. The Morgan fingerprint density at radius 3 is 2.50 bits per heavy atom. The maximum Gasteiger partial charge on any atom is 0.123 e. The first-order chi connectivity index (χ1) is 6.77. The summed E-state index contributed by atoms with van der Waals surface area (Å²) >= 11 is 5.95. The van der Waals surface area contributed by atoms with E-state index in [1.165, 1.54) is 12.1 Å². The van der Waals surface area contributed by atoms with Gasteiger partial charge >= 0.3 is 0 Å². The Morgan fingerprint density at radius 1 is 1.07 bits per heavy atom. The summed E-state index contributed by atoms with van der Waals surface area (Å²) in [6, 6.07) is 14.5. The van der Waals surface area contributed by atoms with Gasteiger partial charge < -0.3 is 0 Å². The van der Waals surface area contributed by atoms with Crippen molar-refractivity contribution >= 4 is 11.6 Å². The molecule has 0 spiro atoms. The Bertz CT molecular complexity index is 437. The molecule has 2 heteroatoms. The molecule has 0 atom stereocenters. The first-order valence-corrected chi connectivity index (χ1v) is 4.57. The molecule has 0 nitrogen and oxygen atoms in total. The van der Waals surface area contributed by atoms with Crippen molar-refractivity contribution in [1.82, 2.24) is 0 Å². The minimum atomic E-state index is -0.280. The van der Waals surface area contributed by atoms with Crippen molar-refractivity contribution in [2.75, 3.05) is 0 Å². The molecule has 14 heavy (non-hydrogen) atoms. The molecule has 0 heterocycles. The summed E-state index contributed by atoms with van der Waals surface area (Å²) in [4.78, 5) is 0. The molecule has 0 saturated heterocycles. The maximum atomic E-state index is 13.0. The van der Waals surface area contributed by atoms with E-state index in [9.17, 15) is 4.39 Å². The fourth-order valence-corrected chi connectivity index (χ4v) is 1.51. The highest BCUT2D eigenvalue weighted by molar-refractivity contribution is 6.33. The summed E-state index contributed by atoms with van der Waals surface area (Å²) in [5, 5.41) is 0.553. The Hall–Kier alpha value is -1.34. The zero-order chi connectivity index (χ0) is 9.97. The molecule has 0 aromatic heterocycles. The molecule has 2 aromatic carbocycles. The largest absolute Gasteiger partial charge is 0.207 e. The van der Waals surface area contributed by atoms with Crippen LogP contribution in [0, 0.1) is 11.9 Å². The molecule has 2 rings (SSSR count). The van der Waals surface area contributed by atoms with E-state index in [0.717, 1.165) is 5.56 Å². The van der Waals surface area contributed by atoms with Gasteiger partial charge in [-0.3, -0.25) is 0 Å². The predicted octanol–water partition coefficient (Wildman–Crippen LogP) is 3.95. The quantitative estimate of drug-likeness (QED) is 0.662. The molecule has 0 fully saturated rings. The van der Waals surface area contributed by atoms with Crippen LogP contribution in [0.4, 0.5) is 4.39 Å². The van der Waals surface area contributed by atoms with Crippen molar-refractivity contribution in [2.45, 2.75) is 0 Å². The van der Waals surface area contributed by atoms with E-state index < -0.39 is 0 Å². The van der Waals surface area contributed by atoms with Gasteiger partial charge in [-0.2, -0.15) is 0 Å². The van der Waals surface area contributed by atoms with Crippen molar-refractivity contribution in [3.8, 4) is 11.1 Å². The van der Waals surface area contributed by atoms with Crippen LogP contribution in [-0.4, -0.2) is 0 Å².